The first-order chi connectivity index (χ1) is 27.7. The molecule has 0 spiro atoms. The molecule has 7 heteroatoms. The zero-order valence-electron chi connectivity index (χ0n) is 29.8. The van der Waals surface area contributed by atoms with Crippen LogP contribution in [0.15, 0.2) is 180 Å². The fourth-order valence-electron chi connectivity index (χ4n) is 7.53. The highest BCUT2D eigenvalue weighted by atomic mass is 32.1. The predicted octanol–water partition coefficient (Wildman–Crippen LogP) is 12.9. The SMILES string of the molecule is c1ccc(-c2nc(-c3ccccc3)nc(-c3cccc4c3sc3cccc(-c5cccc(-c6nc(-c7ccccc7)nc7c6oc6ccccc67)c5)c34)n2)cc1. The molecule has 0 unspecified atom stereocenters. The summed E-state index contributed by atoms with van der Waals surface area (Å²) in [5.74, 6) is 2.59. The van der Waals surface area contributed by atoms with E-state index in [0.717, 1.165) is 71.2 Å². The molecule has 0 aliphatic rings. The van der Waals surface area contributed by atoms with Crippen LogP contribution in [0.4, 0.5) is 0 Å². The van der Waals surface area contributed by atoms with Crippen LogP contribution in [0.25, 0.3) is 110 Å². The van der Waals surface area contributed by atoms with Crippen molar-refractivity contribution < 1.29 is 4.42 Å². The van der Waals surface area contributed by atoms with Gasteiger partial charge in [-0.3, -0.25) is 0 Å². The Morgan fingerprint density at radius 1 is 0.393 bits per heavy atom. The molecule has 4 heterocycles. The minimum absolute atomic E-state index is 0.642. The van der Waals surface area contributed by atoms with Crippen molar-refractivity contribution in [3.8, 4) is 67.9 Å². The number of rotatable bonds is 6. The number of nitrogens with zero attached hydrogens (tertiary/aromatic N) is 5. The van der Waals surface area contributed by atoms with E-state index in [-0.39, 0.29) is 0 Å². The van der Waals surface area contributed by atoms with Gasteiger partial charge in [-0.2, -0.15) is 0 Å². The molecule has 56 heavy (non-hydrogen) atoms. The fraction of sp³-hybridized carbons (Fsp3) is 0. The summed E-state index contributed by atoms with van der Waals surface area (Å²) >= 11 is 1.76. The first-order valence-electron chi connectivity index (χ1n) is 18.4. The summed E-state index contributed by atoms with van der Waals surface area (Å²) in [5, 5.41) is 3.31. The molecule has 11 rings (SSSR count). The lowest BCUT2D eigenvalue weighted by atomic mass is 9.96. The predicted molar refractivity (Wildman–Crippen MR) is 228 cm³/mol. The summed E-state index contributed by atoms with van der Waals surface area (Å²) in [6.07, 6.45) is 0. The highest BCUT2D eigenvalue weighted by Crippen LogP contribution is 2.44. The molecule has 6 nitrogen and oxygen atoms in total. The highest BCUT2D eigenvalue weighted by Gasteiger charge is 2.21. The number of para-hydroxylation sites is 1. The minimum atomic E-state index is 0.642. The Morgan fingerprint density at radius 3 is 1.64 bits per heavy atom. The van der Waals surface area contributed by atoms with E-state index in [0.29, 0.717) is 28.9 Å². The topological polar surface area (TPSA) is 77.6 Å². The fourth-order valence-corrected chi connectivity index (χ4v) is 8.77. The summed E-state index contributed by atoms with van der Waals surface area (Å²) in [6, 6.07) is 59.9. The van der Waals surface area contributed by atoms with Crippen molar-refractivity contribution in [1.29, 1.82) is 0 Å². The number of thiophene rings is 1. The maximum Gasteiger partial charge on any atom is 0.180 e. The van der Waals surface area contributed by atoms with Crippen molar-refractivity contribution >= 4 is 53.6 Å². The van der Waals surface area contributed by atoms with Crippen molar-refractivity contribution in [2.24, 2.45) is 0 Å². The summed E-state index contributed by atoms with van der Waals surface area (Å²) in [4.78, 5) is 25.3. The lowest BCUT2D eigenvalue weighted by molar-refractivity contribution is 0.667. The van der Waals surface area contributed by atoms with Gasteiger partial charge in [0.25, 0.3) is 0 Å². The quantitative estimate of drug-likeness (QED) is 0.169. The molecule has 0 aliphatic heterocycles. The number of fused-ring (bicyclic) bond motifs is 6. The van der Waals surface area contributed by atoms with Crippen molar-refractivity contribution in [3.05, 3.63) is 176 Å². The minimum Gasteiger partial charge on any atom is -0.452 e. The van der Waals surface area contributed by atoms with Crippen LogP contribution in [0.1, 0.15) is 0 Å². The van der Waals surface area contributed by atoms with Gasteiger partial charge < -0.3 is 4.42 Å². The normalized spacial score (nSPS) is 11.6. The summed E-state index contributed by atoms with van der Waals surface area (Å²) in [6.45, 7) is 0. The van der Waals surface area contributed by atoms with Crippen LogP contribution in [0.2, 0.25) is 0 Å². The second-order valence-corrected chi connectivity index (χ2v) is 14.7. The van der Waals surface area contributed by atoms with Gasteiger partial charge in [-0.25, -0.2) is 24.9 Å². The van der Waals surface area contributed by atoms with Gasteiger partial charge in [0.2, 0.25) is 0 Å². The van der Waals surface area contributed by atoms with E-state index in [4.69, 9.17) is 29.3 Å². The molecular formula is C49H29N5OS. The van der Waals surface area contributed by atoms with Crippen LogP contribution in [0.5, 0.6) is 0 Å². The largest absolute Gasteiger partial charge is 0.452 e. The molecule has 0 bridgehead atoms. The molecule has 0 saturated heterocycles. The molecule has 7 aromatic carbocycles. The van der Waals surface area contributed by atoms with Crippen molar-refractivity contribution in [2.45, 2.75) is 0 Å². The third-order valence-corrected chi connectivity index (χ3v) is 11.4. The van der Waals surface area contributed by atoms with Crippen molar-refractivity contribution in [1.82, 2.24) is 24.9 Å². The van der Waals surface area contributed by atoms with E-state index in [1.165, 1.54) is 10.1 Å². The van der Waals surface area contributed by atoms with E-state index in [9.17, 15) is 0 Å². The molecule has 0 saturated carbocycles. The van der Waals surface area contributed by atoms with E-state index in [2.05, 4.69) is 66.7 Å². The van der Waals surface area contributed by atoms with Gasteiger partial charge in [0.1, 0.15) is 16.8 Å². The van der Waals surface area contributed by atoms with Gasteiger partial charge in [-0.1, -0.05) is 146 Å². The Bertz CT molecular complexity index is 3190. The number of furan rings is 1. The van der Waals surface area contributed by atoms with Gasteiger partial charge in [0, 0.05) is 53.4 Å². The Morgan fingerprint density at radius 2 is 0.929 bits per heavy atom. The Kier molecular flexibility index (Phi) is 7.57. The maximum atomic E-state index is 6.48. The number of hydrogen-bond acceptors (Lipinski definition) is 7. The zero-order valence-corrected chi connectivity index (χ0v) is 30.6. The first kappa shape index (κ1) is 32.1. The number of aromatic nitrogens is 5. The average Bonchev–Trinajstić information content (AvgIpc) is 3.86. The molecule has 0 radical (unpaired) electrons. The van der Waals surface area contributed by atoms with Gasteiger partial charge in [0.05, 0.1) is 0 Å². The molecule has 4 aromatic heterocycles. The number of benzene rings is 7. The van der Waals surface area contributed by atoms with Crippen LogP contribution >= 0.6 is 11.3 Å². The number of hydrogen-bond donors (Lipinski definition) is 0. The third kappa shape index (κ3) is 5.44. The zero-order chi connectivity index (χ0) is 37.0. The Balaban J connectivity index is 1.09. The Labute approximate surface area is 325 Å². The lowest BCUT2D eigenvalue weighted by Gasteiger charge is -2.10. The van der Waals surface area contributed by atoms with Crippen LogP contribution < -0.4 is 0 Å². The molecule has 0 N–H and O–H groups in total. The summed E-state index contributed by atoms with van der Waals surface area (Å²) < 4.78 is 8.79. The second-order valence-electron chi connectivity index (χ2n) is 13.6. The smallest absolute Gasteiger partial charge is 0.180 e. The van der Waals surface area contributed by atoms with Gasteiger partial charge >= 0.3 is 0 Å². The van der Waals surface area contributed by atoms with E-state index in [1.54, 1.807) is 11.3 Å². The van der Waals surface area contributed by atoms with E-state index in [1.807, 2.05) is 109 Å². The maximum absolute atomic E-state index is 6.48. The molecule has 11 aromatic rings. The van der Waals surface area contributed by atoms with Crippen molar-refractivity contribution in [3.63, 3.8) is 0 Å². The van der Waals surface area contributed by atoms with Crippen LogP contribution in [0, 0.1) is 0 Å². The van der Waals surface area contributed by atoms with Crippen LogP contribution in [-0.4, -0.2) is 24.9 Å². The standard InChI is InChI=1S/C49H29N5OS/c1-4-15-30(16-5-1)46-50-42(44-43(51-46)36-23-10-11-27-39(36)55-44)34-22-12-21-33(29-34)35-24-14-28-40-41(35)37-25-13-26-38(45(37)56-40)49-53-47(31-17-6-2-7-18-31)52-48(54-49)32-19-8-3-9-20-32/h1-29H. The molecule has 262 valence electrons. The molecule has 0 fully saturated rings. The molecular weight excluding hydrogens is 707 g/mol. The Hall–Kier alpha value is -7.35. The third-order valence-electron chi connectivity index (χ3n) is 10.2. The first-order valence-corrected chi connectivity index (χ1v) is 19.2. The molecule has 0 atom stereocenters. The van der Waals surface area contributed by atoms with Gasteiger partial charge in [-0.15, -0.1) is 11.3 Å². The lowest BCUT2D eigenvalue weighted by Crippen LogP contribution is -2.00. The second kappa shape index (κ2) is 13.2. The monoisotopic (exact) mass is 735 g/mol. The van der Waals surface area contributed by atoms with Gasteiger partial charge in [0.15, 0.2) is 28.9 Å². The van der Waals surface area contributed by atoms with E-state index < -0.39 is 0 Å². The van der Waals surface area contributed by atoms with Gasteiger partial charge in [-0.05, 0) is 41.5 Å². The highest BCUT2D eigenvalue weighted by molar-refractivity contribution is 7.26. The van der Waals surface area contributed by atoms with Crippen molar-refractivity contribution in [2.75, 3.05) is 0 Å². The van der Waals surface area contributed by atoms with Crippen LogP contribution in [-0.2, 0) is 0 Å². The van der Waals surface area contributed by atoms with Crippen LogP contribution in [0.3, 0.4) is 0 Å². The summed E-state index contributed by atoms with van der Waals surface area (Å²) in [5.41, 5.74) is 10.0. The molecule has 0 aliphatic carbocycles. The average molecular weight is 736 g/mol. The van der Waals surface area contributed by atoms with E-state index >= 15 is 0 Å². The summed E-state index contributed by atoms with van der Waals surface area (Å²) in [7, 11) is 0. The molecule has 0 amide bonds.